The molecule has 0 saturated carbocycles. The fraction of sp³-hybridized carbons (Fsp3) is 0.714. The molecule has 1 aromatic heterocycles. The molecule has 0 unspecified atom stereocenters. The van der Waals surface area contributed by atoms with Crippen LogP contribution in [0.4, 0.5) is 11.6 Å². The molecule has 1 aromatic rings. The smallest absolute Gasteiger partial charge is 0.151 e. The maximum atomic E-state index is 11.5. The number of hydrogen-bond donors (Lipinski definition) is 2. The van der Waals surface area contributed by atoms with Crippen molar-refractivity contribution in [3.8, 4) is 0 Å². The van der Waals surface area contributed by atoms with Gasteiger partial charge in [0.25, 0.3) is 0 Å². The van der Waals surface area contributed by atoms with Gasteiger partial charge in [0, 0.05) is 24.4 Å². The van der Waals surface area contributed by atoms with E-state index in [4.69, 9.17) is 0 Å². The molecule has 7 heteroatoms. The van der Waals surface area contributed by atoms with Crippen LogP contribution in [0.5, 0.6) is 0 Å². The van der Waals surface area contributed by atoms with Gasteiger partial charge < -0.3 is 10.6 Å². The van der Waals surface area contributed by atoms with Crippen LogP contribution in [-0.4, -0.2) is 43.0 Å². The summed E-state index contributed by atoms with van der Waals surface area (Å²) in [5.41, 5.74) is 1.000. The maximum Gasteiger partial charge on any atom is 0.151 e. The lowest BCUT2D eigenvalue weighted by molar-refractivity contribution is 0.597. The summed E-state index contributed by atoms with van der Waals surface area (Å²) in [6.45, 7) is 9.11. The van der Waals surface area contributed by atoms with Gasteiger partial charge in [-0.1, -0.05) is 27.7 Å². The first kappa shape index (κ1) is 17.7. The first-order valence-electron chi connectivity index (χ1n) is 7.44. The predicted octanol–water partition coefficient (Wildman–Crippen LogP) is 2.27. The molecule has 2 N–H and O–H groups in total. The van der Waals surface area contributed by atoms with Crippen molar-refractivity contribution >= 4 is 21.5 Å². The molecule has 0 aliphatic rings. The quantitative estimate of drug-likeness (QED) is 0.727. The average Bonchev–Trinajstić information content (AvgIpc) is 2.44. The second-order valence-corrected chi connectivity index (χ2v) is 7.70. The van der Waals surface area contributed by atoms with Crippen LogP contribution in [0.3, 0.4) is 0 Å². The van der Waals surface area contributed by atoms with Gasteiger partial charge in [-0.25, -0.2) is 18.4 Å². The topological polar surface area (TPSA) is 84.0 Å². The normalized spacial score (nSPS) is 11.7. The van der Waals surface area contributed by atoms with Gasteiger partial charge in [-0.3, -0.25) is 0 Å². The van der Waals surface area contributed by atoms with Gasteiger partial charge in [0.2, 0.25) is 0 Å². The molecular formula is C14H26N4O2S. The zero-order chi connectivity index (χ0) is 15.9. The van der Waals surface area contributed by atoms with Crippen LogP contribution in [0, 0.1) is 0 Å². The van der Waals surface area contributed by atoms with Crippen molar-refractivity contribution in [1.82, 2.24) is 9.97 Å². The van der Waals surface area contributed by atoms with E-state index in [1.807, 2.05) is 0 Å². The van der Waals surface area contributed by atoms with E-state index in [0.29, 0.717) is 12.4 Å². The summed E-state index contributed by atoms with van der Waals surface area (Å²) in [7, 11) is -2.97. The lowest BCUT2D eigenvalue weighted by Gasteiger charge is -2.17. The summed E-state index contributed by atoms with van der Waals surface area (Å²) < 4.78 is 23.1. The van der Waals surface area contributed by atoms with Crippen molar-refractivity contribution in [3.05, 3.63) is 11.9 Å². The highest BCUT2D eigenvalue weighted by atomic mass is 32.2. The monoisotopic (exact) mass is 314 g/mol. The molecule has 0 fully saturated rings. The molecule has 21 heavy (non-hydrogen) atoms. The number of aromatic nitrogens is 2. The summed E-state index contributed by atoms with van der Waals surface area (Å²) in [5, 5.41) is 6.42. The second kappa shape index (κ2) is 8.17. The number of anilines is 2. The molecule has 1 heterocycles. The molecule has 0 amide bonds. The van der Waals surface area contributed by atoms with E-state index in [1.165, 1.54) is 6.33 Å². The van der Waals surface area contributed by atoms with E-state index in [1.54, 1.807) is 6.92 Å². The van der Waals surface area contributed by atoms with Crippen molar-refractivity contribution in [1.29, 1.82) is 0 Å². The third kappa shape index (κ3) is 5.49. The maximum absolute atomic E-state index is 11.5. The number of hydrogen-bond acceptors (Lipinski definition) is 6. The summed E-state index contributed by atoms with van der Waals surface area (Å²) in [5.74, 6) is 2.06. The SMILES string of the molecule is CCCNc1ncnc(NCCS(=O)(=O)CC)c1C(C)C. The minimum absolute atomic E-state index is 0.114. The van der Waals surface area contributed by atoms with Crippen LogP contribution in [-0.2, 0) is 9.84 Å². The highest BCUT2D eigenvalue weighted by Gasteiger charge is 2.15. The zero-order valence-electron chi connectivity index (χ0n) is 13.3. The first-order chi connectivity index (χ1) is 9.91. The third-order valence-corrected chi connectivity index (χ3v) is 4.85. The average molecular weight is 314 g/mol. The van der Waals surface area contributed by atoms with Crippen LogP contribution in [0.2, 0.25) is 0 Å². The fourth-order valence-electron chi connectivity index (χ4n) is 1.94. The molecule has 0 spiro atoms. The molecule has 6 nitrogen and oxygen atoms in total. The van der Waals surface area contributed by atoms with Crippen LogP contribution in [0.15, 0.2) is 6.33 Å². The van der Waals surface area contributed by atoms with Gasteiger partial charge in [-0.2, -0.15) is 0 Å². The molecule has 0 radical (unpaired) electrons. The Kier molecular flexibility index (Phi) is 6.87. The Morgan fingerprint density at radius 2 is 1.67 bits per heavy atom. The van der Waals surface area contributed by atoms with Gasteiger partial charge in [0.15, 0.2) is 9.84 Å². The second-order valence-electron chi connectivity index (χ2n) is 5.23. The van der Waals surface area contributed by atoms with Crippen LogP contribution in [0.1, 0.15) is 45.6 Å². The Morgan fingerprint density at radius 3 is 2.14 bits per heavy atom. The third-order valence-electron chi connectivity index (χ3n) is 3.15. The highest BCUT2D eigenvalue weighted by Crippen LogP contribution is 2.28. The molecule has 0 saturated heterocycles. The number of sulfone groups is 1. The lowest BCUT2D eigenvalue weighted by Crippen LogP contribution is -2.19. The molecule has 1 rings (SSSR count). The van der Waals surface area contributed by atoms with E-state index >= 15 is 0 Å². The van der Waals surface area contributed by atoms with Gasteiger partial charge in [-0.15, -0.1) is 0 Å². The van der Waals surface area contributed by atoms with Gasteiger partial charge in [-0.05, 0) is 12.3 Å². The first-order valence-corrected chi connectivity index (χ1v) is 9.26. The van der Waals surface area contributed by atoms with Crippen molar-refractivity contribution in [2.75, 3.05) is 35.2 Å². The van der Waals surface area contributed by atoms with Gasteiger partial charge >= 0.3 is 0 Å². The van der Waals surface area contributed by atoms with Crippen molar-refractivity contribution in [2.24, 2.45) is 0 Å². The van der Waals surface area contributed by atoms with E-state index < -0.39 is 9.84 Å². The minimum Gasteiger partial charge on any atom is -0.370 e. The van der Waals surface area contributed by atoms with E-state index in [0.717, 1.165) is 24.3 Å². The Balaban J connectivity index is 2.86. The fourth-order valence-corrected chi connectivity index (χ4v) is 2.64. The van der Waals surface area contributed by atoms with Crippen LogP contribution >= 0.6 is 0 Å². The summed E-state index contributed by atoms with van der Waals surface area (Å²) in [4.78, 5) is 8.55. The molecule has 0 atom stereocenters. The largest absolute Gasteiger partial charge is 0.370 e. The predicted molar refractivity (Wildman–Crippen MR) is 87.7 cm³/mol. The van der Waals surface area contributed by atoms with E-state index in [9.17, 15) is 8.42 Å². The van der Waals surface area contributed by atoms with Crippen LogP contribution < -0.4 is 10.6 Å². The van der Waals surface area contributed by atoms with Gasteiger partial charge in [0.1, 0.15) is 18.0 Å². The Morgan fingerprint density at radius 1 is 1.10 bits per heavy atom. The number of nitrogens with zero attached hydrogens (tertiary/aromatic N) is 2. The summed E-state index contributed by atoms with van der Waals surface area (Å²) in [6, 6.07) is 0. The standard InChI is InChI=1S/C14H26N4O2S/c1-5-7-15-13-12(11(3)4)14(18-10-17-13)16-8-9-21(19,20)6-2/h10-11H,5-9H2,1-4H3,(H2,15,16,17,18). The molecule has 0 aliphatic heterocycles. The number of nitrogens with one attached hydrogen (secondary N) is 2. The van der Waals surface area contributed by atoms with E-state index in [2.05, 4.69) is 41.4 Å². The molecule has 120 valence electrons. The molecule has 0 aliphatic carbocycles. The highest BCUT2D eigenvalue weighted by molar-refractivity contribution is 7.91. The van der Waals surface area contributed by atoms with Crippen LogP contribution in [0.25, 0.3) is 0 Å². The summed E-state index contributed by atoms with van der Waals surface area (Å²) in [6.07, 6.45) is 2.51. The molecular weight excluding hydrogens is 288 g/mol. The Hall–Kier alpha value is -1.37. The van der Waals surface area contributed by atoms with Crippen molar-refractivity contribution in [3.63, 3.8) is 0 Å². The number of rotatable bonds is 9. The Bertz CT molecular complexity index is 544. The summed E-state index contributed by atoms with van der Waals surface area (Å²) >= 11 is 0. The van der Waals surface area contributed by atoms with Crippen molar-refractivity contribution in [2.45, 2.75) is 40.0 Å². The zero-order valence-corrected chi connectivity index (χ0v) is 14.1. The molecule has 0 bridgehead atoms. The Labute approximate surface area is 127 Å². The van der Waals surface area contributed by atoms with Gasteiger partial charge in [0.05, 0.1) is 5.75 Å². The van der Waals surface area contributed by atoms with E-state index in [-0.39, 0.29) is 17.4 Å². The minimum atomic E-state index is -2.97. The molecule has 0 aromatic carbocycles. The lowest BCUT2D eigenvalue weighted by atomic mass is 10.0. The van der Waals surface area contributed by atoms with Crippen molar-refractivity contribution < 1.29 is 8.42 Å².